The standard InChI is InChI=1S/C41H52FN11O3/c1-3-34-38-30(21-45-53(38)28-15-17-51(18-16-28)23-27-6-4-9-32(46-27)41(56)52-19-14-25(42)22-52)29-7-5-8-31(37(29)50(34)2)48-33(36(44)40(55)47-26-12-13-26)20-35(43)49-39(54)24-10-11-24/h4-9,20-21,24-26,28,34,48H,3,10-19,22-23,43-44H2,1-2H3,(H,47,55)(H,49,54)/b35-20+,36-33+/t25-,34?/m1/s1. The van der Waals surface area contributed by atoms with Crippen LogP contribution in [-0.2, 0) is 16.1 Å². The largest absolute Gasteiger partial charge is 0.393 e. The Hall–Kier alpha value is -5.44. The Bertz CT molecular complexity index is 2060. The Labute approximate surface area is 326 Å². The number of aromatic nitrogens is 3. The minimum atomic E-state index is -0.963. The molecular formula is C41H52FN11O3. The molecule has 56 heavy (non-hydrogen) atoms. The van der Waals surface area contributed by atoms with Crippen LogP contribution in [0.15, 0.2) is 65.9 Å². The van der Waals surface area contributed by atoms with E-state index in [1.165, 1.54) is 11.8 Å². The molecule has 0 bridgehead atoms. The first-order valence-corrected chi connectivity index (χ1v) is 20.0. The van der Waals surface area contributed by atoms with Gasteiger partial charge >= 0.3 is 0 Å². The molecule has 0 radical (unpaired) electrons. The number of nitrogens with two attached hydrogens (primary N) is 2. The number of benzene rings is 1. The minimum absolute atomic E-state index is 0.0150. The molecule has 1 unspecified atom stereocenters. The second-order valence-electron chi connectivity index (χ2n) is 15.8. The third kappa shape index (κ3) is 7.81. The number of anilines is 2. The van der Waals surface area contributed by atoms with Gasteiger partial charge in [-0.15, -0.1) is 0 Å². The molecule has 2 aliphatic carbocycles. The van der Waals surface area contributed by atoms with E-state index in [0.29, 0.717) is 30.9 Å². The van der Waals surface area contributed by atoms with Crippen molar-refractivity contribution in [1.82, 2.24) is 35.2 Å². The summed E-state index contributed by atoms with van der Waals surface area (Å²) in [5.74, 6) is -0.651. The van der Waals surface area contributed by atoms with Crippen LogP contribution < -0.4 is 32.3 Å². The summed E-state index contributed by atoms with van der Waals surface area (Å²) in [6.07, 6.45) is 9.08. The van der Waals surface area contributed by atoms with E-state index in [1.807, 2.05) is 30.5 Å². The predicted octanol–water partition coefficient (Wildman–Crippen LogP) is 4.05. The number of likely N-dealkylation sites (tertiary alicyclic amines) is 2. The summed E-state index contributed by atoms with van der Waals surface area (Å²) in [4.78, 5) is 49.5. The maximum atomic E-state index is 13.7. The van der Waals surface area contributed by atoms with E-state index in [-0.39, 0.29) is 59.8 Å². The van der Waals surface area contributed by atoms with Gasteiger partial charge in [0.05, 0.1) is 53.3 Å². The molecule has 14 nitrogen and oxygen atoms in total. The molecule has 2 aromatic heterocycles. The Morgan fingerprint density at radius 1 is 0.964 bits per heavy atom. The van der Waals surface area contributed by atoms with E-state index in [4.69, 9.17) is 16.6 Å². The van der Waals surface area contributed by atoms with Gasteiger partial charge in [-0.3, -0.25) is 24.0 Å². The smallest absolute Gasteiger partial charge is 0.272 e. The quantitative estimate of drug-likeness (QED) is 0.133. The number of rotatable bonds is 12. The van der Waals surface area contributed by atoms with Crippen LogP contribution in [0, 0.1) is 5.92 Å². The van der Waals surface area contributed by atoms with E-state index in [1.54, 1.807) is 11.0 Å². The molecule has 2 saturated heterocycles. The third-order valence-corrected chi connectivity index (χ3v) is 11.6. The molecule has 4 fully saturated rings. The van der Waals surface area contributed by atoms with Crippen molar-refractivity contribution in [2.45, 2.75) is 89.1 Å². The highest BCUT2D eigenvalue weighted by Gasteiger charge is 2.36. The summed E-state index contributed by atoms with van der Waals surface area (Å²) in [6, 6.07) is 11.9. The number of halogens is 1. The van der Waals surface area contributed by atoms with Crippen LogP contribution in [0.1, 0.15) is 92.3 Å². The van der Waals surface area contributed by atoms with Crippen LogP contribution in [-0.4, -0.2) is 87.7 Å². The van der Waals surface area contributed by atoms with Crippen LogP contribution in [0.2, 0.25) is 0 Å². The number of piperidine rings is 1. The third-order valence-electron chi connectivity index (χ3n) is 11.6. The molecule has 15 heteroatoms. The number of allylic oxidation sites excluding steroid dienone is 1. The average Bonchev–Trinajstić information content (AvgIpc) is 4.13. The van der Waals surface area contributed by atoms with Gasteiger partial charge in [-0.05, 0) is 69.6 Å². The number of carbonyl (C=O) groups is 3. The monoisotopic (exact) mass is 765 g/mol. The molecule has 0 spiro atoms. The number of pyridine rings is 1. The van der Waals surface area contributed by atoms with Gasteiger partial charge in [-0.2, -0.15) is 5.10 Å². The molecule has 3 aromatic rings. The van der Waals surface area contributed by atoms with Crippen molar-refractivity contribution in [3.05, 3.63) is 83.0 Å². The Balaban J connectivity index is 1.00. The Kier molecular flexibility index (Phi) is 10.4. The lowest BCUT2D eigenvalue weighted by molar-refractivity contribution is -0.121. The maximum absolute atomic E-state index is 13.7. The summed E-state index contributed by atoms with van der Waals surface area (Å²) < 4.78 is 16.0. The number of para-hydroxylation sites is 1. The number of fused-ring (bicyclic) bond motifs is 3. The summed E-state index contributed by atoms with van der Waals surface area (Å²) in [5, 5.41) is 14.2. The van der Waals surface area contributed by atoms with Crippen molar-refractivity contribution >= 4 is 29.1 Å². The fourth-order valence-electron chi connectivity index (χ4n) is 8.27. The van der Waals surface area contributed by atoms with Crippen molar-refractivity contribution in [3.8, 4) is 11.1 Å². The second kappa shape index (κ2) is 15.6. The molecule has 5 heterocycles. The Morgan fingerprint density at radius 3 is 2.43 bits per heavy atom. The molecule has 296 valence electrons. The number of nitrogens with one attached hydrogen (secondary N) is 3. The van der Waals surface area contributed by atoms with Gasteiger partial charge in [-0.1, -0.05) is 25.1 Å². The van der Waals surface area contributed by atoms with E-state index in [9.17, 15) is 18.8 Å². The fraction of sp³-hybridized carbons (Fsp3) is 0.488. The molecule has 2 saturated carbocycles. The number of hydrogen-bond donors (Lipinski definition) is 5. The van der Waals surface area contributed by atoms with Gasteiger partial charge < -0.3 is 37.2 Å². The highest BCUT2D eigenvalue weighted by atomic mass is 19.1. The molecule has 1 aromatic carbocycles. The summed E-state index contributed by atoms with van der Waals surface area (Å²) >= 11 is 0. The highest BCUT2D eigenvalue weighted by molar-refractivity contribution is 5.97. The normalized spacial score (nSPS) is 21.9. The van der Waals surface area contributed by atoms with Crippen molar-refractivity contribution in [2.75, 3.05) is 43.4 Å². The van der Waals surface area contributed by atoms with Gasteiger partial charge in [0, 0.05) is 62.4 Å². The lowest BCUT2D eigenvalue weighted by Crippen LogP contribution is -2.37. The van der Waals surface area contributed by atoms with Crippen LogP contribution in [0.5, 0.6) is 0 Å². The summed E-state index contributed by atoms with van der Waals surface area (Å²) in [6.45, 7) is 5.09. The van der Waals surface area contributed by atoms with Gasteiger partial charge in [0.25, 0.3) is 11.8 Å². The molecule has 2 atom stereocenters. The summed E-state index contributed by atoms with van der Waals surface area (Å²) in [7, 11) is 2.08. The first-order valence-electron chi connectivity index (χ1n) is 20.0. The fourth-order valence-corrected chi connectivity index (χ4v) is 8.27. The number of alkyl halides is 1. The van der Waals surface area contributed by atoms with Gasteiger partial charge in [0.1, 0.15) is 23.4 Å². The molecule has 3 aliphatic heterocycles. The van der Waals surface area contributed by atoms with Crippen molar-refractivity contribution < 1.29 is 18.8 Å². The van der Waals surface area contributed by atoms with Crippen molar-refractivity contribution in [1.29, 1.82) is 0 Å². The average molecular weight is 766 g/mol. The zero-order valence-electron chi connectivity index (χ0n) is 32.1. The number of amides is 3. The lowest BCUT2D eigenvalue weighted by atomic mass is 9.91. The molecule has 7 N–H and O–H groups in total. The number of carbonyl (C=O) groups excluding carboxylic acids is 3. The zero-order valence-corrected chi connectivity index (χ0v) is 32.1. The van der Waals surface area contributed by atoms with Crippen molar-refractivity contribution in [3.63, 3.8) is 0 Å². The lowest BCUT2D eigenvalue weighted by Gasteiger charge is -2.39. The summed E-state index contributed by atoms with van der Waals surface area (Å²) in [5.41, 5.74) is 19.2. The molecule has 3 amide bonds. The number of hydrogen-bond acceptors (Lipinski definition) is 10. The van der Waals surface area contributed by atoms with Crippen LogP contribution >= 0.6 is 0 Å². The SMILES string of the molecule is CCC1c2c(cnn2C2CCN(Cc3cccc(C(=O)N4CC[C@@H](F)C4)n3)CC2)-c2cccc(NC(/C=C(\N)NC(=O)C3CC3)=C(/N)C(=O)NC3CC3)c2N1C. The Morgan fingerprint density at radius 2 is 1.73 bits per heavy atom. The highest BCUT2D eigenvalue weighted by Crippen LogP contribution is 2.49. The van der Waals surface area contributed by atoms with E-state index in [0.717, 1.165) is 86.2 Å². The van der Waals surface area contributed by atoms with Gasteiger partial charge in [0.2, 0.25) is 5.91 Å². The van der Waals surface area contributed by atoms with Gasteiger partial charge in [0.15, 0.2) is 0 Å². The first kappa shape index (κ1) is 37.5. The molecular weight excluding hydrogens is 714 g/mol. The minimum Gasteiger partial charge on any atom is -0.393 e. The predicted molar refractivity (Wildman–Crippen MR) is 211 cm³/mol. The van der Waals surface area contributed by atoms with Crippen LogP contribution in [0.4, 0.5) is 15.8 Å². The van der Waals surface area contributed by atoms with Crippen LogP contribution in [0.25, 0.3) is 11.1 Å². The van der Waals surface area contributed by atoms with Gasteiger partial charge in [-0.25, -0.2) is 9.37 Å². The molecule has 8 rings (SSSR count). The van der Waals surface area contributed by atoms with Crippen molar-refractivity contribution in [2.24, 2.45) is 17.4 Å². The molecule has 5 aliphatic rings. The maximum Gasteiger partial charge on any atom is 0.272 e. The van der Waals surface area contributed by atoms with Crippen LogP contribution in [0.3, 0.4) is 0 Å². The van der Waals surface area contributed by atoms with E-state index >= 15 is 0 Å². The first-order chi connectivity index (χ1) is 27.1. The topological polar surface area (TPSA) is 180 Å². The van der Waals surface area contributed by atoms with E-state index in [2.05, 4.69) is 55.5 Å². The zero-order chi connectivity index (χ0) is 39.1. The second-order valence-corrected chi connectivity index (χ2v) is 15.8. The number of nitrogens with zero attached hydrogens (tertiary/aromatic N) is 6. The van der Waals surface area contributed by atoms with E-state index < -0.39 is 6.17 Å².